The fourth-order valence-electron chi connectivity index (χ4n) is 2.18. The summed E-state index contributed by atoms with van der Waals surface area (Å²) in [5, 5.41) is 2.50. The molecular formula is C19H17N3O3. The van der Waals surface area contributed by atoms with Crippen LogP contribution in [0.2, 0.25) is 0 Å². The second-order valence-corrected chi connectivity index (χ2v) is 5.15. The topological polar surface area (TPSA) is 73.3 Å². The highest BCUT2D eigenvalue weighted by molar-refractivity contribution is 5.77. The fourth-order valence-corrected chi connectivity index (χ4v) is 2.18. The highest BCUT2D eigenvalue weighted by atomic mass is 16.5. The fraction of sp³-hybridized carbons (Fsp3) is 0.105. The van der Waals surface area contributed by atoms with Crippen molar-refractivity contribution < 1.29 is 14.3 Å². The number of aromatic nitrogens is 2. The predicted molar refractivity (Wildman–Crippen MR) is 93.5 cm³/mol. The zero-order valence-corrected chi connectivity index (χ0v) is 13.7. The lowest BCUT2D eigenvalue weighted by Gasteiger charge is -2.11. The second kappa shape index (κ2) is 7.92. The van der Waals surface area contributed by atoms with E-state index in [0.29, 0.717) is 17.4 Å². The third kappa shape index (κ3) is 4.32. The monoisotopic (exact) mass is 335 g/mol. The van der Waals surface area contributed by atoms with Crippen LogP contribution in [-0.2, 0) is 4.79 Å². The number of likely N-dealkylation sites (N-methyl/N-ethyl adjacent to an activating group) is 1. The van der Waals surface area contributed by atoms with Gasteiger partial charge < -0.3 is 14.8 Å². The Hall–Kier alpha value is -3.41. The number of rotatable bonds is 6. The summed E-state index contributed by atoms with van der Waals surface area (Å²) in [6.45, 7) is -0.0529. The Morgan fingerprint density at radius 3 is 2.68 bits per heavy atom. The number of ether oxygens (including phenoxy) is 2. The molecule has 0 atom stereocenters. The van der Waals surface area contributed by atoms with Crippen LogP contribution in [-0.4, -0.2) is 29.5 Å². The van der Waals surface area contributed by atoms with Crippen molar-refractivity contribution in [1.29, 1.82) is 0 Å². The molecule has 0 spiro atoms. The number of carbonyl (C=O) groups excluding carboxylic acids is 1. The Balaban J connectivity index is 1.80. The van der Waals surface area contributed by atoms with E-state index in [9.17, 15) is 4.79 Å². The molecule has 1 heterocycles. The number of nitrogens with one attached hydrogen (secondary N) is 1. The highest BCUT2D eigenvalue weighted by Crippen LogP contribution is 2.31. The standard InChI is InChI=1S/C19H17N3O3/c1-20-18(23)12-24-15-8-5-9-16(10-15)25-19-17(11-21-13-22-19)14-6-3-2-4-7-14/h2-11,13H,12H2,1H3,(H,20,23). The van der Waals surface area contributed by atoms with Gasteiger partial charge in [0.05, 0.1) is 5.56 Å². The van der Waals surface area contributed by atoms with Crippen molar-refractivity contribution in [3.63, 3.8) is 0 Å². The molecule has 0 aliphatic heterocycles. The van der Waals surface area contributed by atoms with E-state index < -0.39 is 0 Å². The second-order valence-electron chi connectivity index (χ2n) is 5.15. The summed E-state index contributed by atoms with van der Waals surface area (Å²) < 4.78 is 11.3. The van der Waals surface area contributed by atoms with Gasteiger partial charge in [0.15, 0.2) is 6.61 Å². The smallest absolute Gasteiger partial charge is 0.257 e. The van der Waals surface area contributed by atoms with Gasteiger partial charge in [0.2, 0.25) is 5.88 Å². The van der Waals surface area contributed by atoms with E-state index >= 15 is 0 Å². The molecule has 126 valence electrons. The van der Waals surface area contributed by atoms with Crippen molar-refractivity contribution in [3.8, 4) is 28.5 Å². The molecule has 0 saturated heterocycles. The summed E-state index contributed by atoms with van der Waals surface area (Å²) in [5.41, 5.74) is 1.75. The first-order valence-electron chi connectivity index (χ1n) is 7.73. The molecule has 0 aliphatic rings. The minimum atomic E-state index is -0.200. The molecule has 0 aliphatic carbocycles. The lowest BCUT2D eigenvalue weighted by molar-refractivity contribution is -0.122. The number of hydrogen-bond acceptors (Lipinski definition) is 5. The van der Waals surface area contributed by atoms with Crippen molar-refractivity contribution in [2.75, 3.05) is 13.7 Å². The van der Waals surface area contributed by atoms with E-state index in [-0.39, 0.29) is 12.5 Å². The Labute approximate surface area is 145 Å². The Bertz CT molecular complexity index is 853. The Morgan fingerprint density at radius 1 is 1.08 bits per heavy atom. The molecule has 2 aromatic carbocycles. The van der Waals surface area contributed by atoms with E-state index in [4.69, 9.17) is 9.47 Å². The number of hydrogen-bond donors (Lipinski definition) is 1. The molecule has 1 aromatic heterocycles. The van der Waals surface area contributed by atoms with E-state index in [2.05, 4.69) is 15.3 Å². The van der Waals surface area contributed by atoms with E-state index in [0.717, 1.165) is 11.1 Å². The van der Waals surface area contributed by atoms with E-state index in [1.807, 2.05) is 30.3 Å². The van der Waals surface area contributed by atoms with Crippen LogP contribution in [0.5, 0.6) is 17.4 Å². The lowest BCUT2D eigenvalue weighted by atomic mass is 10.1. The number of amides is 1. The van der Waals surface area contributed by atoms with Crippen LogP contribution in [0.4, 0.5) is 0 Å². The normalized spacial score (nSPS) is 10.1. The molecular weight excluding hydrogens is 318 g/mol. The first-order valence-corrected chi connectivity index (χ1v) is 7.73. The molecule has 1 amide bonds. The summed E-state index contributed by atoms with van der Waals surface area (Å²) in [5.74, 6) is 1.35. The van der Waals surface area contributed by atoms with Crippen LogP contribution in [0.1, 0.15) is 0 Å². The summed E-state index contributed by atoms with van der Waals surface area (Å²) in [6.07, 6.45) is 3.15. The van der Waals surface area contributed by atoms with Crippen molar-refractivity contribution in [3.05, 3.63) is 67.1 Å². The van der Waals surface area contributed by atoms with Crippen LogP contribution >= 0.6 is 0 Å². The molecule has 6 nitrogen and oxygen atoms in total. The van der Waals surface area contributed by atoms with Crippen molar-refractivity contribution in [2.24, 2.45) is 0 Å². The summed E-state index contributed by atoms with van der Waals surface area (Å²) in [7, 11) is 1.56. The van der Waals surface area contributed by atoms with Gasteiger partial charge in [0, 0.05) is 19.3 Å². The summed E-state index contributed by atoms with van der Waals surface area (Å²) in [4.78, 5) is 19.6. The zero-order chi connectivity index (χ0) is 17.5. The molecule has 3 aromatic rings. The van der Waals surface area contributed by atoms with Crippen LogP contribution < -0.4 is 14.8 Å². The van der Waals surface area contributed by atoms with E-state index in [1.165, 1.54) is 6.33 Å². The third-order valence-corrected chi connectivity index (χ3v) is 3.43. The molecule has 0 bridgehead atoms. The SMILES string of the molecule is CNC(=O)COc1cccc(Oc2ncncc2-c2ccccc2)c1. The van der Waals surface area contributed by atoms with Gasteiger partial charge in [-0.05, 0) is 17.7 Å². The largest absolute Gasteiger partial charge is 0.484 e. The molecule has 3 rings (SSSR count). The van der Waals surface area contributed by atoms with Crippen LogP contribution in [0, 0.1) is 0 Å². The lowest BCUT2D eigenvalue weighted by Crippen LogP contribution is -2.24. The van der Waals surface area contributed by atoms with Crippen LogP contribution in [0.25, 0.3) is 11.1 Å². The average Bonchev–Trinajstić information content (AvgIpc) is 2.67. The molecule has 25 heavy (non-hydrogen) atoms. The van der Waals surface area contributed by atoms with Gasteiger partial charge >= 0.3 is 0 Å². The molecule has 0 fully saturated rings. The van der Waals surface area contributed by atoms with Gasteiger partial charge in [-0.1, -0.05) is 36.4 Å². The Kier molecular flexibility index (Phi) is 5.21. The van der Waals surface area contributed by atoms with Crippen molar-refractivity contribution in [1.82, 2.24) is 15.3 Å². The van der Waals surface area contributed by atoms with Crippen molar-refractivity contribution in [2.45, 2.75) is 0 Å². The van der Waals surface area contributed by atoms with Gasteiger partial charge in [-0.2, -0.15) is 0 Å². The van der Waals surface area contributed by atoms with Crippen molar-refractivity contribution >= 4 is 5.91 Å². The first kappa shape index (κ1) is 16.4. The zero-order valence-electron chi connectivity index (χ0n) is 13.7. The molecule has 6 heteroatoms. The predicted octanol–water partition coefficient (Wildman–Crippen LogP) is 3.06. The number of benzene rings is 2. The summed E-state index contributed by atoms with van der Waals surface area (Å²) >= 11 is 0. The quantitative estimate of drug-likeness (QED) is 0.749. The van der Waals surface area contributed by atoms with E-state index in [1.54, 1.807) is 37.5 Å². The molecule has 1 N–H and O–H groups in total. The van der Waals surface area contributed by atoms with Crippen LogP contribution in [0.3, 0.4) is 0 Å². The number of carbonyl (C=O) groups is 1. The van der Waals surface area contributed by atoms with Gasteiger partial charge in [-0.15, -0.1) is 0 Å². The maximum absolute atomic E-state index is 11.3. The molecule has 0 saturated carbocycles. The summed E-state index contributed by atoms with van der Waals surface area (Å²) in [6, 6.07) is 16.8. The van der Waals surface area contributed by atoms with Gasteiger partial charge in [-0.3, -0.25) is 4.79 Å². The average molecular weight is 335 g/mol. The maximum atomic E-state index is 11.3. The number of nitrogens with zero attached hydrogens (tertiary/aromatic N) is 2. The van der Waals surface area contributed by atoms with Gasteiger partial charge in [0.25, 0.3) is 5.91 Å². The Morgan fingerprint density at radius 2 is 1.88 bits per heavy atom. The molecule has 0 radical (unpaired) electrons. The maximum Gasteiger partial charge on any atom is 0.257 e. The highest BCUT2D eigenvalue weighted by Gasteiger charge is 2.10. The van der Waals surface area contributed by atoms with Crippen LogP contribution in [0.15, 0.2) is 67.1 Å². The third-order valence-electron chi connectivity index (χ3n) is 3.43. The van der Waals surface area contributed by atoms with Gasteiger partial charge in [0.1, 0.15) is 17.8 Å². The minimum absolute atomic E-state index is 0.0529. The van der Waals surface area contributed by atoms with Gasteiger partial charge in [-0.25, -0.2) is 9.97 Å². The molecule has 0 unspecified atom stereocenters. The minimum Gasteiger partial charge on any atom is -0.484 e. The first-order chi connectivity index (χ1) is 12.3.